The molecule has 1 atom stereocenters. The molecule has 124 valence electrons. The van der Waals surface area contributed by atoms with Crippen molar-refractivity contribution in [2.24, 2.45) is 0 Å². The number of fused-ring (bicyclic) bond motifs is 1. The number of ether oxygens (including phenoxy) is 1. The molecule has 0 saturated carbocycles. The molecule has 4 heteroatoms. The monoisotopic (exact) mass is 323 g/mol. The highest BCUT2D eigenvalue weighted by molar-refractivity contribution is 5.97. The van der Waals surface area contributed by atoms with Gasteiger partial charge in [0.1, 0.15) is 0 Å². The van der Waals surface area contributed by atoms with Crippen molar-refractivity contribution in [1.29, 1.82) is 0 Å². The van der Waals surface area contributed by atoms with E-state index in [1.807, 2.05) is 37.3 Å². The summed E-state index contributed by atoms with van der Waals surface area (Å²) in [5, 5.41) is 3.82. The van der Waals surface area contributed by atoms with Gasteiger partial charge in [-0.05, 0) is 36.6 Å². The fourth-order valence-corrected chi connectivity index (χ4v) is 2.70. The first-order valence-electron chi connectivity index (χ1n) is 8.08. The first kappa shape index (κ1) is 16.1. The van der Waals surface area contributed by atoms with E-state index in [0.29, 0.717) is 11.3 Å². The van der Waals surface area contributed by atoms with Gasteiger partial charge in [-0.3, -0.25) is 4.79 Å². The van der Waals surface area contributed by atoms with Gasteiger partial charge in [0.25, 0.3) is 5.91 Å². The lowest BCUT2D eigenvalue weighted by Crippen LogP contribution is -2.26. The Hall–Kier alpha value is -2.75. The summed E-state index contributed by atoms with van der Waals surface area (Å²) in [6.07, 6.45) is 1.00. The summed E-state index contributed by atoms with van der Waals surface area (Å²) >= 11 is 0. The molecule has 0 aliphatic carbocycles. The van der Waals surface area contributed by atoms with Gasteiger partial charge in [-0.2, -0.15) is 0 Å². The maximum atomic E-state index is 12.5. The smallest absolute Gasteiger partial charge is 0.287 e. The van der Waals surface area contributed by atoms with Crippen molar-refractivity contribution >= 4 is 16.9 Å². The van der Waals surface area contributed by atoms with Crippen LogP contribution in [-0.2, 0) is 6.42 Å². The molecule has 4 nitrogen and oxygen atoms in total. The van der Waals surface area contributed by atoms with E-state index in [1.165, 1.54) is 5.56 Å². The summed E-state index contributed by atoms with van der Waals surface area (Å²) < 4.78 is 11.0. The maximum Gasteiger partial charge on any atom is 0.287 e. The Kier molecular flexibility index (Phi) is 4.56. The van der Waals surface area contributed by atoms with Gasteiger partial charge in [0, 0.05) is 5.39 Å². The standard InChI is InChI=1S/C20H21NO3/c1-4-14-8-10-15(11-9-14)13(2)21-20(22)18-12-16-6-5-7-17(23-3)19(16)24-18/h5-13H,4H2,1-3H3,(H,21,22). The molecule has 0 fully saturated rings. The molecule has 1 heterocycles. The van der Waals surface area contributed by atoms with Gasteiger partial charge in [0.05, 0.1) is 13.2 Å². The van der Waals surface area contributed by atoms with Crippen LogP contribution in [0.4, 0.5) is 0 Å². The van der Waals surface area contributed by atoms with Crippen molar-refractivity contribution in [1.82, 2.24) is 5.32 Å². The molecule has 1 unspecified atom stereocenters. The summed E-state index contributed by atoms with van der Waals surface area (Å²) in [4.78, 5) is 12.5. The SMILES string of the molecule is CCc1ccc(C(C)NC(=O)c2cc3cccc(OC)c3o2)cc1. The minimum absolute atomic E-state index is 0.0986. The number of aryl methyl sites for hydroxylation is 1. The van der Waals surface area contributed by atoms with Crippen molar-refractivity contribution < 1.29 is 13.9 Å². The first-order chi connectivity index (χ1) is 11.6. The molecule has 0 aliphatic heterocycles. The maximum absolute atomic E-state index is 12.5. The molecule has 0 aliphatic rings. The molecular weight excluding hydrogens is 302 g/mol. The number of nitrogens with one attached hydrogen (secondary N) is 1. The van der Waals surface area contributed by atoms with Crippen LogP contribution in [0.15, 0.2) is 52.9 Å². The Morgan fingerprint density at radius 2 is 1.96 bits per heavy atom. The quantitative estimate of drug-likeness (QED) is 0.752. The number of hydrogen-bond donors (Lipinski definition) is 1. The van der Waals surface area contributed by atoms with E-state index in [2.05, 4.69) is 24.4 Å². The normalized spacial score (nSPS) is 12.1. The zero-order valence-electron chi connectivity index (χ0n) is 14.1. The lowest BCUT2D eigenvalue weighted by molar-refractivity contribution is 0.0914. The van der Waals surface area contributed by atoms with Gasteiger partial charge < -0.3 is 14.5 Å². The van der Waals surface area contributed by atoms with E-state index in [4.69, 9.17) is 9.15 Å². The minimum atomic E-state index is -0.236. The molecule has 2 aromatic carbocycles. The van der Waals surface area contributed by atoms with Gasteiger partial charge in [-0.25, -0.2) is 0 Å². The van der Waals surface area contributed by atoms with E-state index >= 15 is 0 Å². The topological polar surface area (TPSA) is 51.5 Å². The van der Waals surface area contributed by atoms with Crippen molar-refractivity contribution in [2.45, 2.75) is 26.3 Å². The fraction of sp³-hybridized carbons (Fsp3) is 0.250. The highest BCUT2D eigenvalue weighted by atomic mass is 16.5. The van der Waals surface area contributed by atoms with Crippen LogP contribution in [0, 0.1) is 0 Å². The van der Waals surface area contributed by atoms with Crippen LogP contribution in [0.25, 0.3) is 11.0 Å². The zero-order valence-corrected chi connectivity index (χ0v) is 14.1. The fourth-order valence-electron chi connectivity index (χ4n) is 2.70. The first-order valence-corrected chi connectivity index (χ1v) is 8.08. The predicted octanol–water partition coefficient (Wildman–Crippen LogP) is 4.49. The summed E-state index contributed by atoms with van der Waals surface area (Å²) in [5.74, 6) is 0.668. The lowest BCUT2D eigenvalue weighted by atomic mass is 10.0. The molecule has 3 rings (SSSR count). The Morgan fingerprint density at radius 3 is 2.62 bits per heavy atom. The van der Waals surface area contributed by atoms with E-state index in [0.717, 1.165) is 17.4 Å². The number of rotatable bonds is 5. The minimum Gasteiger partial charge on any atom is -0.493 e. The van der Waals surface area contributed by atoms with Crippen LogP contribution >= 0.6 is 0 Å². The van der Waals surface area contributed by atoms with Gasteiger partial charge in [-0.15, -0.1) is 0 Å². The van der Waals surface area contributed by atoms with E-state index in [9.17, 15) is 4.79 Å². The molecular formula is C20H21NO3. The van der Waals surface area contributed by atoms with Crippen LogP contribution in [0.3, 0.4) is 0 Å². The van der Waals surface area contributed by atoms with Crippen molar-refractivity contribution in [3.05, 3.63) is 65.4 Å². The molecule has 0 spiro atoms. The number of benzene rings is 2. The largest absolute Gasteiger partial charge is 0.493 e. The third-order valence-electron chi connectivity index (χ3n) is 4.19. The Balaban J connectivity index is 1.78. The highest BCUT2D eigenvalue weighted by Gasteiger charge is 2.17. The third-order valence-corrected chi connectivity index (χ3v) is 4.19. The molecule has 0 radical (unpaired) electrons. The molecule has 0 saturated heterocycles. The van der Waals surface area contributed by atoms with Crippen LogP contribution in [-0.4, -0.2) is 13.0 Å². The zero-order chi connectivity index (χ0) is 17.1. The Bertz CT molecular complexity index is 849. The number of hydrogen-bond acceptors (Lipinski definition) is 3. The van der Waals surface area contributed by atoms with Crippen LogP contribution in [0.5, 0.6) is 5.75 Å². The molecule has 0 bridgehead atoms. The van der Waals surface area contributed by atoms with Gasteiger partial charge in [0.2, 0.25) is 0 Å². The lowest BCUT2D eigenvalue weighted by Gasteiger charge is -2.13. The number of para-hydroxylation sites is 1. The van der Waals surface area contributed by atoms with E-state index in [-0.39, 0.29) is 17.7 Å². The molecule has 1 amide bonds. The van der Waals surface area contributed by atoms with E-state index < -0.39 is 0 Å². The third kappa shape index (κ3) is 3.13. The van der Waals surface area contributed by atoms with Crippen molar-refractivity contribution in [3.8, 4) is 5.75 Å². The highest BCUT2D eigenvalue weighted by Crippen LogP contribution is 2.28. The second kappa shape index (κ2) is 6.79. The van der Waals surface area contributed by atoms with Crippen LogP contribution in [0.2, 0.25) is 0 Å². The average Bonchev–Trinajstić information content (AvgIpc) is 3.06. The van der Waals surface area contributed by atoms with Gasteiger partial charge >= 0.3 is 0 Å². The summed E-state index contributed by atoms with van der Waals surface area (Å²) in [6, 6.07) is 15.5. The Labute approximate surface area is 141 Å². The second-order valence-corrected chi connectivity index (χ2v) is 5.78. The van der Waals surface area contributed by atoms with Crippen molar-refractivity contribution in [3.63, 3.8) is 0 Å². The predicted molar refractivity (Wildman–Crippen MR) is 94.5 cm³/mol. The Morgan fingerprint density at radius 1 is 1.21 bits per heavy atom. The van der Waals surface area contributed by atoms with Gasteiger partial charge in [0.15, 0.2) is 17.1 Å². The number of methoxy groups -OCH3 is 1. The molecule has 24 heavy (non-hydrogen) atoms. The number of amides is 1. The van der Waals surface area contributed by atoms with E-state index in [1.54, 1.807) is 13.2 Å². The second-order valence-electron chi connectivity index (χ2n) is 5.78. The summed E-state index contributed by atoms with van der Waals surface area (Å²) in [7, 11) is 1.58. The molecule has 1 N–H and O–H groups in total. The van der Waals surface area contributed by atoms with Gasteiger partial charge in [-0.1, -0.05) is 43.3 Å². The number of carbonyl (C=O) groups is 1. The number of carbonyl (C=O) groups excluding carboxylic acids is 1. The molecule has 3 aromatic rings. The van der Waals surface area contributed by atoms with Crippen LogP contribution < -0.4 is 10.1 Å². The summed E-state index contributed by atoms with van der Waals surface area (Å²) in [6.45, 7) is 4.08. The average molecular weight is 323 g/mol. The van der Waals surface area contributed by atoms with Crippen molar-refractivity contribution in [2.75, 3.05) is 7.11 Å². The van der Waals surface area contributed by atoms with Crippen LogP contribution in [0.1, 0.15) is 41.6 Å². The number of furan rings is 1. The summed E-state index contributed by atoms with van der Waals surface area (Å²) in [5.41, 5.74) is 2.93. The molecule has 1 aromatic heterocycles.